The molecule has 1 fully saturated rings. The Labute approximate surface area is 195 Å². The fourth-order valence-electron chi connectivity index (χ4n) is 4.34. The van der Waals surface area contributed by atoms with Crippen molar-refractivity contribution in [3.05, 3.63) is 34.1 Å². The molecule has 1 heterocycles. The lowest BCUT2D eigenvalue weighted by Gasteiger charge is -2.42. The molecule has 2 N–H and O–H groups in total. The van der Waals surface area contributed by atoms with Gasteiger partial charge in [0.05, 0.1) is 5.75 Å². The van der Waals surface area contributed by atoms with Crippen molar-refractivity contribution in [1.82, 2.24) is 10.7 Å². The van der Waals surface area contributed by atoms with Gasteiger partial charge >= 0.3 is 6.09 Å². The van der Waals surface area contributed by atoms with E-state index in [4.69, 9.17) is 4.74 Å². The maximum atomic E-state index is 13.5. The second-order valence-electron chi connectivity index (χ2n) is 8.61. The van der Waals surface area contributed by atoms with Crippen LogP contribution in [0.2, 0.25) is 0 Å². The van der Waals surface area contributed by atoms with Crippen LogP contribution in [0.15, 0.2) is 27.8 Å². The molecule has 2 amide bonds. The van der Waals surface area contributed by atoms with E-state index in [1.54, 1.807) is 6.07 Å². The number of halogens is 2. The lowest BCUT2D eigenvalue weighted by atomic mass is 9.73. The van der Waals surface area contributed by atoms with Gasteiger partial charge < -0.3 is 10.1 Å². The van der Waals surface area contributed by atoms with E-state index in [1.807, 2.05) is 6.92 Å². The molecule has 0 bridgehead atoms. The average Bonchev–Trinajstić information content (AvgIpc) is 2.69. The Morgan fingerprint density at radius 3 is 2.72 bits per heavy atom. The van der Waals surface area contributed by atoms with E-state index in [9.17, 15) is 22.4 Å². The summed E-state index contributed by atoms with van der Waals surface area (Å²) in [5.41, 5.74) is 2.69. The molecule has 0 saturated heterocycles. The Morgan fingerprint density at radius 2 is 2.09 bits per heavy atom. The minimum atomic E-state index is -3.18. The molecular weight excluding hydrogens is 505 g/mol. The summed E-state index contributed by atoms with van der Waals surface area (Å²) in [4.78, 5) is 24.0. The summed E-state index contributed by atoms with van der Waals surface area (Å²) in [7, 11) is -3.18. The maximum Gasteiger partial charge on any atom is 0.428 e. The SMILES string of the molecule is C[C@@H](CC1CCC2(CC1)OC(=O)NN=C2c1ccc(F)cc1Br)NC(=O)CCS(C)(=O)=O. The van der Waals surface area contributed by atoms with Crippen LogP contribution in [0.3, 0.4) is 0 Å². The molecule has 0 unspecified atom stereocenters. The molecule has 2 aliphatic rings. The number of sulfone groups is 1. The summed E-state index contributed by atoms with van der Waals surface area (Å²) >= 11 is 3.37. The summed E-state index contributed by atoms with van der Waals surface area (Å²) in [5, 5.41) is 7.11. The van der Waals surface area contributed by atoms with Crippen molar-refractivity contribution in [2.75, 3.05) is 12.0 Å². The number of benzene rings is 1. The smallest absolute Gasteiger partial charge is 0.428 e. The largest absolute Gasteiger partial charge is 0.435 e. The Bertz CT molecular complexity index is 1020. The van der Waals surface area contributed by atoms with Gasteiger partial charge in [0.15, 0.2) is 5.60 Å². The molecule has 11 heteroatoms. The Hall–Kier alpha value is -2.01. The third-order valence-electron chi connectivity index (χ3n) is 5.87. The third kappa shape index (κ3) is 6.28. The number of hydrogen-bond acceptors (Lipinski definition) is 6. The van der Waals surface area contributed by atoms with Crippen LogP contribution in [0.25, 0.3) is 0 Å². The van der Waals surface area contributed by atoms with Gasteiger partial charge in [-0.2, -0.15) is 5.10 Å². The average molecular weight is 532 g/mol. The predicted octanol–water partition coefficient (Wildman–Crippen LogP) is 3.29. The van der Waals surface area contributed by atoms with Gasteiger partial charge in [0.25, 0.3) is 0 Å². The quantitative estimate of drug-likeness (QED) is 0.560. The summed E-state index contributed by atoms with van der Waals surface area (Å²) in [6.45, 7) is 1.90. The van der Waals surface area contributed by atoms with Crippen LogP contribution in [-0.2, 0) is 19.4 Å². The molecule has 32 heavy (non-hydrogen) atoms. The van der Waals surface area contributed by atoms with E-state index < -0.39 is 21.5 Å². The normalized spacial score (nSPS) is 24.3. The van der Waals surface area contributed by atoms with Crippen LogP contribution >= 0.6 is 15.9 Å². The van der Waals surface area contributed by atoms with Crippen LogP contribution < -0.4 is 10.7 Å². The lowest BCUT2D eigenvalue weighted by molar-refractivity contribution is -0.121. The molecular formula is C21H27BrFN3O5S. The van der Waals surface area contributed by atoms with Gasteiger partial charge in [-0.1, -0.05) is 15.9 Å². The number of amides is 2. The standard InChI is InChI=1S/C21H27BrFN3O5S/c1-13(24-18(27)7-10-32(2,29)30)11-14-5-8-21(9-6-14)19(25-26-20(28)31-21)16-4-3-15(23)12-17(16)22/h3-4,12-14H,5-11H2,1-2H3,(H,24,27)(H,26,28)/t13-,14?,21?/m0/s1. The highest BCUT2D eigenvalue weighted by Crippen LogP contribution is 2.41. The number of hydrazone groups is 1. The van der Waals surface area contributed by atoms with Crippen LogP contribution in [0.5, 0.6) is 0 Å². The summed E-state index contributed by atoms with van der Waals surface area (Å²) < 4.78 is 42.3. The zero-order chi connectivity index (χ0) is 23.5. The van der Waals surface area contributed by atoms with E-state index in [-0.39, 0.29) is 29.9 Å². The predicted molar refractivity (Wildman–Crippen MR) is 121 cm³/mol. The van der Waals surface area contributed by atoms with Crippen molar-refractivity contribution in [3.63, 3.8) is 0 Å². The third-order valence-corrected chi connectivity index (χ3v) is 7.47. The molecule has 176 valence electrons. The zero-order valence-corrected chi connectivity index (χ0v) is 20.4. The van der Waals surface area contributed by atoms with Crippen LogP contribution in [0.4, 0.5) is 9.18 Å². The number of carbonyl (C=O) groups excluding carboxylic acids is 2. The van der Waals surface area contributed by atoms with Gasteiger partial charge in [0.2, 0.25) is 5.91 Å². The van der Waals surface area contributed by atoms with Crippen molar-refractivity contribution < 1.29 is 27.1 Å². The molecule has 3 rings (SSSR count). The summed E-state index contributed by atoms with van der Waals surface area (Å²) in [6.07, 6.45) is 3.81. The minimum Gasteiger partial charge on any atom is -0.435 e. The van der Waals surface area contributed by atoms with Gasteiger partial charge in [0, 0.05) is 28.8 Å². The monoisotopic (exact) mass is 531 g/mol. The molecule has 1 saturated carbocycles. The van der Waals surface area contributed by atoms with Crippen LogP contribution in [0, 0.1) is 11.7 Å². The Morgan fingerprint density at radius 1 is 1.41 bits per heavy atom. The molecule has 0 aromatic heterocycles. The highest BCUT2D eigenvalue weighted by molar-refractivity contribution is 9.10. The summed E-state index contributed by atoms with van der Waals surface area (Å²) in [5.74, 6) is -0.527. The van der Waals surface area contributed by atoms with Gasteiger partial charge in [0.1, 0.15) is 21.4 Å². The second kappa shape index (κ2) is 9.86. The van der Waals surface area contributed by atoms with Crippen molar-refractivity contribution >= 4 is 43.5 Å². The number of ether oxygens (including phenoxy) is 1. The van der Waals surface area contributed by atoms with Gasteiger partial charge in [-0.15, -0.1) is 0 Å². The number of rotatable bonds is 7. The van der Waals surface area contributed by atoms with E-state index in [0.29, 0.717) is 34.5 Å². The number of nitrogens with one attached hydrogen (secondary N) is 2. The van der Waals surface area contributed by atoms with Crippen molar-refractivity contribution in [3.8, 4) is 0 Å². The lowest BCUT2D eigenvalue weighted by Crippen LogP contribution is -2.52. The topological polar surface area (TPSA) is 114 Å². The van der Waals surface area contributed by atoms with Gasteiger partial charge in [-0.25, -0.2) is 23.0 Å². The molecule has 1 atom stereocenters. The molecule has 1 spiro atoms. The first-order chi connectivity index (χ1) is 15.0. The minimum absolute atomic E-state index is 0.0493. The molecule has 1 aliphatic carbocycles. The highest BCUT2D eigenvalue weighted by atomic mass is 79.9. The zero-order valence-electron chi connectivity index (χ0n) is 18.0. The first kappa shape index (κ1) is 24.6. The highest BCUT2D eigenvalue weighted by Gasteiger charge is 2.46. The second-order valence-corrected chi connectivity index (χ2v) is 11.7. The molecule has 0 radical (unpaired) electrons. The van der Waals surface area contributed by atoms with E-state index in [1.165, 1.54) is 12.1 Å². The number of hydrogen-bond donors (Lipinski definition) is 2. The number of carbonyl (C=O) groups is 2. The molecule has 1 aliphatic heterocycles. The first-order valence-electron chi connectivity index (χ1n) is 10.5. The Balaban J connectivity index is 1.62. The van der Waals surface area contributed by atoms with Crippen molar-refractivity contribution in [1.29, 1.82) is 0 Å². The maximum absolute atomic E-state index is 13.5. The molecule has 1 aromatic rings. The van der Waals surface area contributed by atoms with Gasteiger partial charge in [-0.05, 0) is 63.1 Å². The summed E-state index contributed by atoms with van der Waals surface area (Å²) in [6, 6.07) is 4.20. The van der Waals surface area contributed by atoms with Crippen molar-refractivity contribution in [2.45, 2.75) is 57.1 Å². The molecule has 1 aromatic carbocycles. The molecule has 8 nitrogen and oxygen atoms in total. The van der Waals surface area contributed by atoms with Crippen LogP contribution in [0.1, 0.15) is 51.0 Å². The fourth-order valence-corrected chi connectivity index (χ4v) is 5.44. The van der Waals surface area contributed by atoms with E-state index in [0.717, 1.165) is 25.5 Å². The Kier molecular flexibility index (Phi) is 7.59. The van der Waals surface area contributed by atoms with E-state index in [2.05, 4.69) is 31.8 Å². The van der Waals surface area contributed by atoms with Gasteiger partial charge in [-0.3, -0.25) is 4.79 Å². The van der Waals surface area contributed by atoms with Crippen molar-refractivity contribution in [2.24, 2.45) is 11.0 Å². The van der Waals surface area contributed by atoms with Crippen LogP contribution in [-0.4, -0.2) is 49.8 Å². The first-order valence-corrected chi connectivity index (χ1v) is 13.3. The van der Waals surface area contributed by atoms with E-state index >= 15 is 0 Å². The number of nitrogens with zero attached hydrogens (tertiary/aromatic N) is 1. The fraction of sp³-hybridized carbons (Fsp3) is 0.571.